The van der Waals surface area contributed by atoms with Crippen LogP contribution in [-0.4, -0.2) is 4.98 Å². The molecule has 0 saturated heterocycles. The lowest BCUT2D eigenvalue weighted by atomic mass is 9.69. The van der Waals surface area contributed by atoms with Gasteiger partial charge in [-0.05, 0) is 87.8 Å². The third-order valence-electron chi connectivity index (χ3n) is 10.0. The molecule has 1 nitrogen and oxygen atoms in total. The highest BCUT2D eigenvalue weighted by molar-refractivity contribution is 6.13. The van der Waals surface area contributed by atoms with Crippen molar-refractivity contribution in [2.24, 2.45) is 11.8 Å². The number of benzene rings is 3. The molecule has 3 aromatic carbocycles. The van der Waals surface area contributed by atoms with E-state index in [0.29, 0.717) is 23.7 Å². The van der Waals surface area contributed by atoms with Crippen molar-refractivity contribution in [2.45, 2.75) is 66.2 Å². The fraction of sp³-hybridized carbons (Fsp3) is 0.240. The average Bonchev–Trinajstić information content (AvgIpc) is 3.52. The van der Waals surface area contributed by atoms with Gasteiger partial charge in [0, 0.05) is 39.6 Å². The van der Waals surface area contributed by atoms with Crippen LogP contribution in [0.15, 0.2) is 176 Å². The molecular weight excluding hydrogens is 615 g/mol. The van der Waals surface area contributed by atoms with Gasteiger partial charge in [-0.1, -0.05) is 164 Å². The fourth-order valence-electron chi connectivity index (χ4n) is 7.23. The van der Waals surface area contributed by atoms with Crippen LogP contribution in [0.1, 0.15) is 76.0 Å². The van der Waals surface area contributed by atoms with Crippen molar-refractivity contribution in [2.75, 3.05) is 0 Å². The van der Waals surface area contributed by atoms with Gasteiger partial charge in [0.1, 0.15) is 0 Å². The second kappa shape index (κ2) is 18.2. The third-order valence-corrected chi connectivity index (χ3v) is 10.0. The van der Waals surface area contributed by atoms with Crippen LogP contribution in [0, 0.1) is 18.8 Å². The molecule has 0 amide bonds. The van der Waals surface area contributed by atoms with E-state index >= 15 is 0 Å². The van der Waals surface area contributed by atoms with Crippen molar-refractivity contribution >= 4 is 21.8 Å². The molecule has 51 heavy (non-hydrogen) atoms. The van der Waals surface area contributed by atoms with E-state index in [4.69, 9.17) is 0 Å². The van der Waals surface area contributed by atoms with E-state index in [0.717, 1.165) is 12.8 Å². The van der Waals surface area contributed by atoms with Crippen LogP contribution in [0.3, 0.4) is 0 Å². The molecule has 2 aliphatic rings. The Bertz CT molecular complexity index is 2090. The normalized spacial score (nSPS) is 18.5. The summed E-state index contributed by atoms with van der Waals surface area (Å²) in [6.07, 6.45) is 39.1. The van der Waals surface area contributed by atoms with Crippen LogP contribution in [0.5, 0.6) is 0 Å². The Morgan fingerprint density at radius 2 is 1.63 bits per heavy atom. The standard InChI is InChI=1S/C25H19N.C25H36/c1-15-10-13-23-22(14-15)21-12-11-20-18-8-3-2-6-16(18)17-7-4-5-9-19(17)24(20)25(21)26-23;1-7-11-12-13-19-24(10-4)21-20-22(5)17-14-18-23(6)25(15-8-2)16-9-3/h2-14,16,18,26H,1H3;7-14,16-18,20-22,25H,2,15,19H2,1,3-6H3/b;11-7-,13-12-,16-9-,17-14+,21-20-,23-18+,24-10-. The first-order chi connectivity index (χ1) is 24.9. The highest BCUT2D eigenvalue weighted by Gasteiger charge is 2.33. The summed E-state index contributed by atoms with van der Waals surface area (Å²) in [5, 5.41) is 2.65. The van der Waals surface area contributed by atoms with Crippen molar-refractivity contribution in [3.05, 3.63) is 192 Å². The van der Waals surface area contributed by atoms with Crippen LogP contribution in [-0.2, 0) is 0 Å². The molecule has 1 N–H and O–H groups in total. The molecule has 4 unspecified atom stereocenters. The van der Waals surface area contributed by atoms with E-state index in [2.05, 4.69) is 192 Å². The molecule has 4 atom stereocenters. The Hall–Kier alpha value is -5.14. The zero-order chi connectivity index (χ0) is 36.2. The van der Waals surface area contributed by atoms with Crippen LogP contribution >= 0.6 is 0 Å². The van der Waals surface area contributed by atoms with E-state index in [9.17, 15) is 0 Å². The highest BCUT2D eigenvalue weighted by atomic mass is 14.7. The second-order valence-corrected chi connectivity index (χ2v) is 13.7. The third kappa shape index (κ3) is 8.97. The van der Waals surface area contributed by atoms with E-state index in [1.807, 2.05) is 19.1 Å². The summed E-state index contributed by atoms with van der Waals surface area (Å²) in [6.45, 7) is 16.6. The van der Waals surface area contributed by atoms with Crippen LogP contribution in [0.2, 0.25) is 0 Å². The van der Waals surface area contributed by atoms with Crippen molar-refractivity contribution in [1.82, 2.24) is 4.98 Å². The predicted molar refractivity (Wildman–Crippen MR) is 226 cm³/mol. The number of H-pyrrole nitrogens is 1. The maximum absolute atomic E-state index is 3.85. The minimum atomic E-state index is 0.415. The minimum Gasteiger partial charge on any atom is -0.354 e. The molecule has 0 bridgehead atoms. The molecule has 0 spiro atoms. The number of aromatic amines is 1. The lowest BCUT2D eigenvalue weighted by Gasteiger charge is -2.34. The van der Waals surface area contributed by atoms with E-state index < -0.39 is 0 Å². The highest BCUT2D eigenvalue weighted by Crippen LogP contribution is 2.51. The lowest BCUT2D eigenvalue weighted by Crippen LogP contribution is -2.16. The summed E-state index contributed by atoms with van der Waals surface area (Å²) < 4.78 is 0. The van der Waals surface area contributed by atoms with E-state index in [1.54, 1.807) is 0 Å². The Morgan fingerprint density at radius 1 is 0.843 bits per heavy atom. The van der Waals surface area contributed by atoms with Gasteiger partial charge in [-0.25, -0.2) is 0 Å². The molecule has 260 valence electrons. The number of fused-ring (bicyclic) bond motifs is 10. The van der Waals surface area contributed by atoms with Crippen LogP contribution in [0.4, 0.5) is 0 Å². The van der Waals surface area contributed by atoms with Gasteiger partial charge in [0.15, 0.2) is 0 Å². The van der Waals surface area contributed by atoms with Gasteiger partial charge in [0.05, 0.1) is 5.52 Å². The Morgan fingerprint density at radius 3 is 2.37 bits per heavy atom. The van der Waals surface area contributed by atoms with E-state index in [-0.39, 0.29) is 0 Å². The summed E-state index contributed by atoms with van der Waals surface area (Å²) in [6, 6.07) is 20.3. The Kier molecular flexibility index (Phi) is 13.2. The van der Waals surface area contributed by atoms with Crippen LogP contribution in [0.25, 0.3) is 32.9 Å². The first kappa shape index (κ1) is 37.1. The molecule has 0 radical (unpaired) electrons. The number of allylic oxidation sites excluding steroid dienone is 19. The minimum absolute atomic E-state index is 0.415. The van der Waals surface area contributed by atoms with Gasteiger partial charge in [-0.2, -0.15) is 0 Å². The molecule has 0 saturated carbocycles. The predicted octanol–water partition coefficient (Wildman–Crippen LogP) is 14.5. The van der Waals surface area contributed by atoms with Crippen molar-refractivity contribution in [3.8, 4) is 11.1 Å². The molecule has 0 fully saturated rings. The van der Waals surface area contributed by atoms with Crippen molar-refractivity contribution < 1.29 is 0 Å². The Labute approximate surface area is 307 Å². The van der Waals surface area contributed by atoms with Crippen molar-refractivity contribution in [3.63, 3.8) is 0 Å². The fourth-order valence-corrected chi connectivity index (χ4v) is 7.23. The number of hydrogen-bond donors (Lipinski definition) is 1. The maximum atomic E-state index is 3.85. The summed E-state index contributed by atoms with van der Waals surface area (Å²) in [4.78, 5) is 3.73. The maximum Gasteiger partial charge on any atom is 0.0547 e. The molecule has 1 heterocycles. The number of hydrogen-bond acceptors (Lipinski definition) is 0. The van der Waals surface area contributed by atoms with Gasteiger partial charge >= 0.3 is 0 Å². The quantitative estimate of drug-likeness (QED) is 0.121. The van der Waals surface area contributed by atoms with Crippen LogP contribution < -0.4 is 0 Å². The monoisotopic (exact) mass is 669 g/mol. The number of rotatable bonds is 11. The smallest absolute Gasteiger partial charge is 0.0547 e. The summed E-state index contributed by atoms with van der Waals surface area (Å²) in [5.74, 6) is 1.73. The zero-order valence-electron chi connectivity index (χ0n) is 31.4. The number of nitrogens with one attached hydrogen (secondary N) is 1. The molecule has 2 aliphatic carbocycles. The van der Waals surface area contributed by atoms with Crippen molar-refractivity contribution in [1.29, 1.82) is 0 Å². The molecule has 0 aliphatic heterocycles. The van der Waals surface area contributed by atoms with Gasteiger partial charge < -0.3 is 4.98 Å². The second-order valence-electron chi connectivity index (χ2n) is 13.7. The summed E-state index contributed by atoms with van der Waals surface area (Å²) in [5.41, 5.74) is 12.1. The molecule has 4 aromatic rings. The van der Waals surface area contributed by atoms with Gasteiger partial charge in [-0.3, -0.25) is 0 Å². The first-order valence-electron chi connectivity index (χ1n) is 18.6. The average molecular weight is 670 g/mol. The molecule has 1 aromatic heterocycles. The number of aromatic nitrogens is 1. The Balaban J connectivity index is 0.000000198. The van der Waals surface area contributed by atoms with Gasteiger partial charge in [0.25, 0.3) is 0 Å². The molecular formula is C50H55N. The van der Waals surface area contributed by atoms with E-state index in [1.165, 1.54) is 60.8 Å². The number of aryl methyl sites for hydroxylation is 1. The summed E-state index contributed by atoms with van der Waals surface area (Å²) in [7, 11) is 0. The first-order valence-corrected chi connectivity index (χ1v) is 18.6. The summed E-state index contributed by atoms with van der Waals surface area (Å²) >= 11 is 0. The topological polar surface area (TPSA) is 15.8 Å². The lowest BCUT2D eigenvalue weighted by molar-refractivity contribution is 0.721. The largest absolute Gasteiger partial charge is 0.354 e. The SMILES string of the molecule is C=CCC(/C=C\C)/C(C)=C/C=C/C(C)/C=C\C(=C/C)C/C=C\C=C/C.Cc1ccc2[nH]c3c4c(ccc3c2c1)C1C=CC=CC1c1ccccc1-4. The molecule has 1 heteroatoms. The molecule has 6 rings (SSSR count). The van der Waals surface area contributed by atoms with Gasteiger partial charge in [0.2, 0.25) is 0 Å². The van der Waals surface area contributed by atoms with Gasteiger partial charge in [-0.15, -0.1) is 6.58 Å². The zero-order valence-corrected chi connectivity index (χ0v) is 31.4.